The van der Waals surface area contributed by atoms with Crippen molar-refractivity contribution in [3.8, 4) is 0 Å². The number of allylic oxidation sites excluding steroid dienone is 2. The van der Waals surface area contributed by atoms with Crippen molar-refractivity contribution in [2.24, 2.45) is 0 Å². The van der Waals surface area contributed by atoms with Crippen LogP contribution in [-0.2, 0) is 4.79 Å². The van der Waals surface area contributed by atoms with Gasteiger partial charge in [-0.3, -0.25) is 4.79 Å². The van der Waals surface area contributed by atoms with Gasteiger partial charge in [0.1, 0.15) is 0 Å². The molecule has 0 heterocycles. The number of aliphatic hydroxyl groups is 1. The van der Waals surface area contributed by atoms with Crippen molar-refractivity contribution >= 4 is 5.78 Å². The molecule has 0 atom stereocenters. The molecule has 0 aromatic rings. The highest BCUT2D eigenvalue weighted by molar-refractivity contribution is 5.92. The summed E-state index contributed by atoms with van der Waals surface area (Å²) in [5.41, 5.74) is 0. The van der Waals surface area contributed by atoms with Crippen LogP contribution in [0.25, 0.3) is 0 Å². The highest BCUT2D eigenvalue weighted by atomic mass is 19.3. The second kappa shape index (κ2) is 3.95. The first-order valence-corrected chi connectivity index (χ1v) is 2.46. The van der Waals surface area contributed by atoms with E-state index in [2.05, 4.69) is 0 Å². The molecule has 0 amide bonds. The minimum Gasteiger partial charge on any atom is -0.506 e. The van der Waals surface area contributed by atoms with Gasteiger partial charge in [0.25, 0.3) is 12.9 Å². The molecule has 2 nitrogen and oxygen atoms in total. The van der Waals surface area contributed by atoms with E-state index >= 15 is 0 Å². The van der Waals surface area contributed by atoms with Gasteiger partial charge in [-0.15, -0.1) is 0 Å². The largest absolute Gasteiger partial charge is 0.506 e. The number of hydrogen-bond donors (Lipinski definition) is 1. The molecule has 64 valence electrons. The third-order valence-electron chi connectivity index (χ3n) is 0.729. The molecule has 0 aromatic carbocycles. The smallest absolute Gasteiger partial charge is 0.300 e. The third-order valence-corrected chi connectivity index (χ3v) is 0.729. The standard InChI is InChI=1S/C5H4F4O2/c6-4(7)2(10)1-3(11)5(8)9/h1,4-5,10H/b2-1-. The third kappa shape index (κ3) is 3.59. The van der Waals surface area contributed by atoms with Crippen molar-refractivity contribution in [1.29, 1.82) is 0 Å². The number of alkyl halides is 4. The molecule has 0 aliphatic rings. The van der Waals surface area contributed by atoms with Gasteiger partial charge in [-0.2, -0.15) is 0 Å². The minimum absolute atomic E-state index is 0.185. The van der Waals surface area contributed by atoms with Crippen LogP contribution in [0.1, 0.15) is 0 Å². The van der Waals surface area contributed by atoms with E-state index < -0.39 is 24.4 Å². The van der Waals surface area contributed by atoms with E-state index in [9.17, 15) is 22.4 Å². The zero-order valence-corrected chi connectivity index (χ0v) is 5.10. The van der Waals surface area contributed by atoms with Crippen LogP contribution >= 0.6 is 0 Å². The van der Waals surface area contributed by atoms with Crippen molar-refractivity contribution in [2.75, 3.05) is 0 Å². The quantitative estimate of drug-likeness (QED) is 0.398. The maximum atomic E-state index is 11.3. The molecule has 0 spiro atoms. The summed E-state index contributed by atoms with van der Waals surface area (Å²) in [6.45, 7) is 0. The Morgan fingerprint density at radius 3 is 1.91 bits per heavy atom. The fourth-order valence-corrected chi connectivity index (χ4v) is 0.272. The van der Waals surface area contributed by atoms with Crippen LogP contribution in [0.15, 0.2) is 11.8 Å². The molecule has 0 aliphatic carbocycles. The van der Waals surface area contributed by atoms with E-state index in [1.165, 1.54) is 0 Å². The topological polar surface area (TPSA) is 37.3 Å². The number of carbonyl (C=O) groups excluding carboxylic acids is 1. The van der Waals surface area contributed by atoms with Crippen LogP contribution in [0.2, 0.25) is 0 Å². The fourth-order valence-electron chi connectivity index (χ4n) is 0.272. The zero-order valence-electron chi connectivity index (χ0n) is 5.10. The summed E-state index contributed by atoms with van der Waals surface area (Å²) in [4.78, 5) is 9.94. The lowest BCUT2D eigenvalue weighted by molar-refractivity contribution is -0.124. The Morgan fingerprint density at radius 1 is 1.18 bits per heavy atom. The lowest BCUT2D eigenvalue weighted by atomic mass is 10.3. The van der Waals surface area contributed by atoms with Crippen molar-refractivity contribution in [2.45, 2.75) is 12.9 Å². The molecule has 0 unspecified atom stereocenters. The van der Waals surface area contributed by atoms with Crippen LogP contribution in [0, 0.1) is 0 Å². The Balaban J connectivity index is 4.20. The molecule has 0 bridgehead atoms. The summed E-state index contributed by atoms with van der Waals surface area (Å²) >= 11 is 0. The van der Waals surface area contributed by atoms with E-state index in [0.29, 0.717) is 0 Å². The molecule has 0 saturated carbocycles. The zero-order chi connectivity index (χ0) is 9.02. The molecule has 0 fully saturated rings. The van der Waals surface area contributed by atoms with Crippen LogP contribution < -0.4 is 0 Å². The van der Waals surface area contributed by atoms with Gasteiger partial charge in [0.2, 0.25) is 5.78 Å². The van der Waals surface area contributed by atoms with E-state index in [1.807, 2.05) is 0 Å². The highest BCUT2D eigenvalue weighted by Gasteiger charge is 2.17. The number of carbonyl (C=O) groups is 1. The molecule has 0 radical (unpaired) electrons. The second-order valence-electron chi connectivity index (χ2n) is 1.57. The Labute approximate surface area is 59.1 Å². The molecular formula is C5H4F4O2. The van der Waals surface area contributed by atoms with Crippen LogP contribution in [0.4, 0.5) is 17.6 Å². The van der Waals surface area contributed by atoms with Crippen molar-refractivity contribution in [3.05, 3.63) is 11.8 Å². The predicted octanol–water partition coefficient (Wildman–Crippen LogP) is 1.53. The van der Waals surface area contributed by atoms with Gasteiger partial charge in [-0.05, 0) is 0 Å². The fraction of sp³-hybridized carbons (Fsp3) is 0.400. The molecule has 0 aliphatic heterocycles. The molecular weight excluding hydrogens is 168 g/mol. The average Bonchev–Trinajstić information content (AvgIpc) is 1.87. The normalized spacial score (nSPS) is 12.7. The first-order chi connectivity index (χ1) is 4.95. The van der Waals surface area contributed by atoms with Gasteiger partial charge in [-0.25, -0.2) is 17.6 Å². The Bertz CT molecular complexity index is 175. The SMILES string of the molecule is O=C(/C=C(\O)C(F)F)C(F)F. The molecule has 0 rings (SSSR count). The monoisotopic (exact) mass is 172 g/mol. The second-order valence-corrected chi connectivity index (χ2v) is 1.57. The highest BCUT2D eigenvalue weighted by Crippen LogP contribution is 2.06. The van der Waals surface area contributed by atoms with Crippen LogP contribution in [0.5, 0.6) is 0 Å². The van der Waals surface area contributed by atoms with E-state index in [-0.39, 0.29) is 6.08 Å². The summed E-state index contributed by atoms with van der Waals surface area (Å²) in [7, 11) is 0. The van der Waals surface area contributed by atoms with Crippen molar-refractivity contribution in [1.82, 2.24) is 0 Å². The first kappa shape index (κ1) is 9.93. The van der Waals surface area contributed by atoms with E-state index in [4.69, 9.17) is 5.11 Å². The molecule has 1 N–H and O–H groups in total. The summed E-state index contributed by atoms with van der Waals surface area (Å²) in [6.07, 6.45) is -6.84. The average molecular weight is 172 g/mol. The minimum atomic E-state index is -3.36. The maximum Gasteiger partial charge on any atom is 0.300 e. The summed E-state index contributed by atoms with van der Waals surface area (Å²) < 4.78 is 45.3. The van der Waals surface area contributed by atoms with Gasteiger partial charge in [0.05, 0.1) is 0 Å². The Hall–Kier alpha value is -1.07. The van der Waals surface area contributed by atoms with Gasteiger partial charge >= 0.3 is 0 Å². The summed E-state index contributed by atoms with van der Waals surface area (Å²) in [6, 6.07) is 0. The maximum absolute atomic E-state index is 11.3. The van der Waals surface area contributed by atoms with Gasteiger partial charge < -0.3 is 5.11 Å². The molecule has 6 heteroatoms. The van der Waals surface area contributed by atoms with Gasteiger partial charge in [-0.1, -0.05) is 0 Å². The molecule has 0 saturated heterocycles. The molecule has 0 aromatic heterocycles. The van der Waals surface area contributed by atoms with Crippen molar-refractivity contribution < 1.29 is 27.5 Å². The van der Waals surface area contributed by atoms with Crippen LogP contribution in [0.3, 0.4) is 0 Å². The lowest BCUT2D eigenvalue weighted by Crippen LogP contribution is -2.09. The lowest BCUT2D eigenvalue weighted by Gasteiger charge is -1.95. The van der Waals surface area contributed by atoms with Crippen molar-refractivity contribution in [3.63, 3.8) is 0 Å². The summed E-state index contributed by atoms with van der Waals surface area (Å²) in [5, 5.41) is 8.10. The molecule has 11 heavy (non-hydrogen) atoms. The van der Waals surface area contributed by atoms with Gasteiger partial charge in [0, 0.05) is 6.08 Å². The first-order valence-electron chi connectivity index (χ1n) is 2.46. The van der Waals surface area contributed by atoms with E-state index in [0.717, 1.165) is 0 Å². The van der Waals surface area contributed by atoms with E-state index in [1.54, 1.807) is 0 Å². The predicted molar refractivity (Wildman–Crippen MR) is 27.7 cm³/mol. The number of hydrogen-bond acceptors (Lipinski definition) is 2. The number of halogens is 4. The number of rotatable bonds is 3. The van der Waals surface area contributed by atoms with Gasteiger partial charge in [0.15, 0.2) is 5.76 Å². The Kier molecular flexibility index (Phi) is 3.56. The van der Waals surface area contributed by atoms with Crippen LogP contribution in [-0.4, -0.2) is 23.7 Å². The number of ketones is 1. The Morgan fingerprint density at radius 2 is 1.64 bits per heavy atom. The number of aliphatic hydroxyl groups excluding tert-OH is 1. The summed E-state index contributed by atoms with van der Waals surface area (Å²) in [5.74, 6) is -3.47.